The van der Waals surface area contributed by atoms with Crippen molar-refractivity contribution in [1.29, 1.82) is 0 Å². The van der Waals surface area contributed by atoms with E-state index in [2.05, 4.69) is 6.92 Å². The Kier molecular flexibility index (Phi) is 7.48. The first-order chi connectivity index (χ1) is 6.57. The fourth-order valence-corrected chi connectivity index (χ4v) is 1.47. The van der Waals surface area contributed by atoms with Crippen LogP contribution in [-0.4, -0.2) is 22.3 Å². The van der Waals surface area contributed by atoms with Crippen molar-refractivity contribution in [3.8, 4) is 0 Å². The third-order valence-corrected chi connectivity index (χ3v) is 2.55. The molecule has 2 N–H and O–H groups in total. The lowest BCUT2D eigenvalue weighted by Gasteiger charge is -2.16. The Balaban J connectivity index is 3.51. The molecule has 2 atom stereocenters. The van der Waals surface area contributed by atoms with E-state index < -0.39 is 12.1 Å². The van der Waals surface area contributed by atoms with E-state index in [4.69, 9.17) is 5.11 Å². The molecule has 0 aliphatic heterocycles. The van der Waals surface area contributed by atoms with Crippen molar-refractivity contribution in [3.05, 3.63) is 0 Å². The molecular weight excluding hydrogens is 180 g/mol. The number of carboxylic acid groups (broad SMARTS) is 1. The summed E-state index contributed by atoms with van der Waals surface area (Å²) in [5.41, 5.74) is 0. The normalized spacial score (nSPS) is 15.1. The van der Waals surface area contributed by atoms with E-state index in [-0.39, 0.29) is 12.3 Å². The van der Waals surface area contributed by atoms with Gasteiger partial charge in [0, 0.05) is 0 Å². The average Bonchev–Trinajstić information content (AvgIpc) is 2.11. The van der Waals surface area contributed by atoms with Crippen LogP contribution in [0.5, 0.6) is 0 Å². The molecule has 0 saturated carbocycles. The van der Waals surface area contributed by atoms with Gasteiger partial charge in [-0.3, -0.25) is 4.79 Å². The highest BCUT2D eigenvalue weighted by Gasteiger charge is 2.16. The van der Waals surface area contributed by atoms with Gasteiger partial charge in [0.2, 0.25) is 0 Å². The van der Waals surface area contributed by atoms with Gasteiger partial charge in [-0.2, -0.15) is 0 Å². The second-order valence-corrected chi connectivity index (χ2v) is 3.99. The van der Waals surface area contributed by atoms with Crippen LogP contribution >= 0.6 is 0 Å². The van der Waals surface area contributed by atoms with Gasteiger partial charge in [-0.05, 0) is 12.3 Å². The lowest BCUT2D eigenvalue weighted by atomic mass is 9.95. The smallest absolute Gasteiger partial charge is 0.305 e. The molecule has 0 radical (unpaired) electrons. The summed E-state index contributed by atoms with van der Waals surface area (Å²) in [6.45, 7) is 4.07. The number of carbonyl (C=O) groups is 1. The maximum atomic E-state index is 10.3. The predicted molar refractivity (Wildman–Crippen MR) is 56.2 cm³/mol. The van der Waals surface area contributed by atoms with Crippen LogP contribution in [0.3, 0.4) is 0 Å². The molecule has 0 aliphatic rings. The quantitative estimate of drug-likeness (QED) is 0.594. The number of aliphatic hydroxyl groups is 1. The summed E-state index contributed by atoms with van der Waals surface area (Å²) in [5.74, 6) is -0.819. The molecule has 0 heterocycles. The molecule has 0 rings (SSSR count). The van der Waals surface area contributed by atoms with Gasteiger partial charge in [0.15, 0.2) is 0 Å². The maximum absolute atomic E-state index is 10.3. The highest BCUT2D eigenvalue weighted by atomic mass is 16.4. The molecule has 0 spiro atoms. The molecule has 84 valence electrons. The lowest BCUT2D eigenvalue weighted by molar-refractivity contribution is -0.139. The number of hydrogen-bond donors (Lipinski definition) is 2. The van der Waals surface area contributed by atoms with Gasteiger partial charge in [-0.25, -0.2) is 0 Å². The van der Waals surface area contributed by atoms with E-state index in [0.29, 0.717) is 0 Å². The second kappa shape index (κ2) is 7.80. The third kappa shape index (κ3) is 6.89. The molecule has 0 amide bonds. The van der Waals surface area contributed by atoms with Crippen LogP contribution in [0.25, 0.3) is 0 Å². The van der Waals surface area contributed by atoms with Crippen molar-refractivity contribution in [3.63, 3.8) is 0 Å². The van der Waals surface area contributed by atoms with Crippen LogP contribution in [-0.2, 0) is 4.79 Å². The first-order valence-corrected chi connectivity index (χ1v) is 5.47. The topological polar surface area (TPSA) is 57.5 Å². The third-order valence-electron chi connectivity index (χ3n) is 2.55. The Morgan fingerprint density at radius 2 is 1.93 bits per heavy atom. The molecule has 0 aromatic rings. The van der Waals surface area contributed by atoms with E-state index >= 15 is 0 Å². The fourth-order valence-electron chi connectivity index (χ4n) is 1.47. The molecule has 0 aromatic carbocycles. The van der Waals surface area contributed by atoms with Crippen LogP contribution in [0.2, 0.25) is 0 Å². The highest BCUT2D eigenvalue weighted by Crippen LogP contribution is 2.16. The van der Waals surface area contributed by atoms with Gasteiger partial charge in [0.1, 0.15) is 0 Å². The standard InChI is InChI=1S/C11H22O3/c1-3-4-5-6-7-9(2)10(12)8-11(13)14/h9-10,12H,3-8H2,1-2H3,(H,13,14)/t9-,10+/m0/s1. The Hall–Kier alpha value is -0.570. The molecule has 0 unspecified atom stereocenters. The SMILES string of the molecule is CCCCCC[C@H](C)[C@H](O)CC(=O)O. The summed E-state index contributed by atoms with van der Waals surface area (Å²) in [5, 5.41) is 17.9. The van der Waals surface area contributed by atoms with Gasteiger partial charge in [0.25, 0.3) is 0 Å². The zero-order chi connectivity index (χ0) is 11.0. The Labute approximate surface area is 86.1 Å². The Bertz CT molecular complexity index is 157. The van der Waals surface area contributed by atoms with E-state index in [9.17, 15) is 9.90 Å². The first kappa shape index (κ1) is 13.4. The molecule has 0 aliphatic carbocycles. The van der Waals surface area contributed by atoms with E-state index in [1.807, 2.05) is 6.92 Å². The molecular formula is C11H22O3. The monoisotopic (exact) mass is 202 g/mol. The number of aliphatic hydroxyl groups excluding tert-OH is 1. The molecule has 3 nitrogen and oxygen atoms in total. The van der Waals surface area contributed by atoms with Gasteiger partial charge in [0.05, 0.1) is 12.5 Å². The van der Waals surface area contributed by atoms with Crippen LogP contribution in [0.4, 0.5) is 0 Å². The van der Waals surface area contributed by atoms with Crippen molar-refractivity contribution < 1.29 is 15.0 Å². The number of hydrogen-bond acceptors (Lipinski definition) is 2. The van der Waals surface area contributed by atoms with Gasteiger partial charge in [-0.1, -0.05) is 39.5 Å². The molecule has 0 saturated heterocycles. The van der Waals surface area contributed by atoms with E-state index in [0.717, 1.165) is 12.8 Å². The Morgan fingerprint density at radius 1 is 1.29 bits per heavy atom. The number of unbranched alkanes of at least 4 members (excludes halogenated alkanes) is 3. The van der Waals surface area contributed by atoms with Crippen LogP contribution in [0.1, 0.15) is 52.4 Å². The van der Waals surface area contributed by atoms with E-state index in [1.54, 1.807) is 0 Å². The largest absolute Gasteiger partial charge is 0.481 e. The van der Waals surface area contributed by atoms with Gasteiger partial charge < -0.3 is 10.2 Å². The maximum Gasteiger partial charge on any atom is 0.305 e. The van der Waals surface area contributed by atoms with Gasteiger partial charge in [-0.15, -0.1) is 0 Å². The van der Waals surface area contributed by atoms with Gasteiger partial charge >= 0.3 is 5.97 Å². The summed E-state index contributed by atoms with van der Waals surface area (Å²) in [4.78, 5) is 10.3. The van der Waals surface area contributed by atoms with Crippen molar-refractivity contribution in [1.82, 2.24) is 0 Å². The molecule has 0 bridgehead atoms. The Morgan fingerprint density at radius 3 is 2.43 bits per heavy atom. The number of rotatable bonds is 8. The summed E-state index contributed by atoms with van der Waals surface area (Å²) < 4.78 is 0. The number of carboxylic acids is 1. The van der Waals surface area contributed by atoms with E-state index in [1.165, 1.54) is 19.3 Å². The summed E-state index contributed by atoms with van der Waals surface area (Å²) in [6.07, 6.45) is 4.80. The fraction of sp³-hybridized carbons (Fsp3) is 0.909. The van der Waals surface area contributed by atoms with Crippen LogP contribution < -0.4 is 0 Å². The summed E-state index contributed by atoms with van der Waals surface area (Å²) in [7, 11) is 0. The zero-order valence-electron chi connectivity index (χ0n) is 9.20. The molecule has 0 aromatic heterocycles. The van der Waals surface area contributed by atoms with Crippen molar-refractivity contribution in [2.75, 3.05) is 0 Å². The van der Waals surface area contributed by atoms with Crippen molar-refractivity contribution >= 4 is 5.97 Å². The molecule has 3 heteroatoms. The minimum absolute atomic E-state index is 0.1000. The lowest BCUT2D eigenvalue weighted by Crippen LogP contribution is -2.21. The zero-order valence-corrected chi connectivity index (χ0v) is 9.20. The average molecular weight is 202 g/mol. The molecule has 0 fully saturated rings. The molecule has 14 heavy (non-hydrogen) atoms. The summed E-state index contributed by atoms with van der Waals surface area (Å²) in [6, 6.07) is 0. The first-order valence-electron chi connectivity index (χ1n) is 5.47. The number of aliphatic carboxylic acids is 1. The van der Waals surface area contributed by atoms with Crippen LogP contribution in [0, 0.1) is 5.92 Å². The van der Waals surface area contributed by atoms with Crippen LogP contribution in [0.15, 0.2) is 0 Å². The predicted octanol–water partition coefficient (Wildman–Crippen LogP) is 2.43. The van der Waals surface area contributed by atoms with Crippen molar-refractivity contribution in [2.24, 2.45) is 5.92 Å². The minimum atomic E-state index is -0.919. The van der Waals surface area contributed by atoms with Crippen molar-refractivity contribution in [2.45, 2.75) is 58.5 Å². The highest BCUT2D eigenvalue weighted by molar-refractivity contribution is 5.67. The second-order valence-electron chi connectivity index (χ2n) is 3.99. The minimum Gasteiger partial charge on any atom is -0.481 e. The summed E-state index contributed by atoms with van der Waals surface area (Å²) >= 11 is 0.